The van der Waals surface area contributed by atoms with Gasteiger partial charge in [0, 0.05) is 10.9 Å². The SMILES string of the molecule is O=c1c2ccccc2c(-c2ccccc2)nn1C[C@H]1CO1. The number of epoxide rings is 1. The second-order valence-electron chi connectivity index (χ2n) is 5.20. The summed E-state index contributed by atoms with van der Waals surface area (Å²) in [6, 6.07) is 17.6. The lowest BCUT2D eigenvalue weighted by molar-refractivity contribution is 0.369. The van der Waals surface area contributed by atoms with E-state index in [4.69, 9.17) is 4.74 Å². The predicted octanol–water partition coefficient (Wildman–Crippen LogP) is 2.46. The Morgan fingerprint density at radius 3 is 2.43 bits per heavy atom. The molecule has 2 heterocycles. The van der Waals surface area contributed by atoms with E-state index in [2.05, 4.69) is 5.10 Å². The number of benzene rings is 2. The quantitative estimate of drug-likeness (QED) is 0.691. The van der Waals surface area contributed by atoms with Gasteiger partial charge in [0.05, 0.1) is 24.2 Å². The molecule has 2 aromatic carbocycles. The fourth-order valence-corrected chi connectivity index (χ4v) is 2.53. The number of fused-ring (bicyclic) bond motifs is 1. The van der Waals surface area contributed by atoms with Crippen molar-refractivity contribution in [3.63, 3.8) is 0 Å². The van der Waals surface area contributed by atoms with Crippen molar-refractivity contribution in [2.45, 2.75) is 12.6 Å². The minimum absolute atomic E-state index is 0.0548. The van der Waals surface area contributed by atoms with E-state index in [-0.39, 0.29) is 11.7 Å². The first kappa shape index (κ1) is 12.3. The third kappa shape index (κ3) is 2.23. The Morgan fingerprint density at radius 2 is 1.71 bits per heavy atom. The fraction of sp³-hybridized carbons (Fsp3) is 0.176. The molecule has 1 fully saturated rings. The van der Waals surface area contributed by atoms with Gasteiger partial charge in [0.25, 0.3) is 5.56 Å². The van der Waals surface area contributed by atoms with Crippen LogP contribution in [0.5, 0.6) is 0 Å². The van der Waals surface area contributed by atoms with E-state index in [1.54, 1.807) is 0 Å². The third-order valence-corrected chi connectivity index (χ3v) is 3.69. The molecule has 4 rings (SSSR count). The zero-order chi connectivity index (χ0) is 14.2. The van der Waals surface area contributed by atoms with Crippen LogP contribution in [0.3, 0.4) is 0 Å². The van der Waals surface area contributed by atoms with Gasteiger partial charge in [0.1, 0.15) is 6.10 Å². The molecule has 1 aliphatic rings. The van der Waals surface area contributed by atoms with Crippen LogP contribution in [0.25, 0.3) is 22.0 Å². The van der Waals surface area contributed by atoms with Crippen LogP contribution in [0.15, 0.2) is 59.4 Å². The number of rotatable bonds is 3. The molecule has 1 aliphatic heterocycles. The lowest BCUT2D eigenvalue weighted by atomic mass is 10.1. The monoisotopic (exact) mass is 278 g/mol. The summed E-state index contributed by atoms with van der Waals surface area (Å²) in [5.41, 5.74) is 1.80. The average Bonchev–Trinajstić information content (AvgIpc) is 3.35. The second kappa shape index (κ2) is 4.82. The van der Waals surface area contributed by atoms with E-state index in [0.717, 1.165) is 16.6 Å². The van der Waals surface area contributed by atoms with Gasteiger partial charge < -0.3 is 4.74 Å². The van der Waals surface area contributed by atoms with Crippen molar-refractivity contribution in [2.75, 3.05) is 6.61 Å². The Morgan fingerprint density at radius 1 is 1.05 bits per heavy atom. The molecule has 1 atom stereocenters. The van der Waals surface area contributed by atoms with Crippen LogP contribution in [0.4, 0.5) is 0 Å². The van der Waals surface area contributed by atoms with E-state index >= 15 is 0 Å². The molecule has 0 saturated carbocycles. The van der Waals surface area contributed by atoms with Gasteiger partial charge in [-0.15, -0.1) is 0 Å². The van der Waals surface area contributed by atoms with E-state index in [9.17, 15) is 4.79 Å². The van der Waals surface area contributed by atoms with Crippen LogP contribution in [0.2, 0.25) is 0 Å². The molecule has 0 N–H and O–H groups in total. The largest absolute Gasteiger partial charge is 0.371 e. The Bertz CT molecular complexity index is 852. The Balaban J connectivity index is 1.99. The molecule has 0 aliphatic carbocycles. The number of aromatic nitrogens is 2. The van der Waals surface area contributed by atoms with Crippen molar-refractivity contribution in [1.82, 2.24) is 9.78 Å². The summed E-state index contributed by atoms with van der Waals surface area (Å²) in [4.78, 5) is 12.5. The number of hydrogen-bond acceptors (Lipinski definition) is 3. The summed E-state index contributed by atoms with van der Waals surface area (Å²) >= 11 is 0. The Hall–Kier alpha value is -2.46. The molecular formula is C17H14N2O2. The molecule has 0 bridgehead atoms. The van der Waals surface area contributed by atoms with Crippen molar-refractivity contribution < 1.29 is 4.74 Å². The zero-order valence-corrected chi connectivity index (χ0v) is 11.4. The highest BCUT2D eigenvalue weighted by molar-refractivity contribution is 5.93. The van der Waals surface area contributed by atoms with Crippen LogP contribution in [0.1, 0.15) is 0 Å². The molecule has 4 heteroatoms. The lowest BCUT2D eigenvalue weighted by Gasteiger charge is -2.10. The first-order chi connectivity index (χ1) is 10.3. The van der Waals surface area contributed by atoms with Crippen molar-refractivity contribution in [3.05, 3.63) is 65.0 Å². The minimum Gasteiger partial charge on any atom is -0.371 e. The molecule has 0 spiro atoms. The molecule has 0 unspecified atom stereocenters. The molecule has 0 radical (unpaired) electrons. The Kier molecular flexibility index (Phi) is 2.82. The highest BCUT2D eigenvalue weighted by Gasteiger charge is 2.24. The predicted molar refractivity (Wildman–Crippen MR) is 81.2 cm³/mol. The van der Waals surface area contributed by atoms with E-state index in [0.29, 0.717) is 18.5 Å². The van der Waals surface area contributed by atoms with Gasteiger partial charge in [-0.25, -0.2) is 4.68 Å². The molecule has 1 saturated heterocycles. The van der Waals surface area contributed by atoms with Gasteiger partial charge in [0.2, 0.25) is 0 Å². The standard InChI is InChI=1S/C17H14N2O2/c20-17-15-9-5-4-8-14(15)16(12-6-2-1-3-7-12)18-19(17)10-13-11-21-13/h1-9,13H,10-11H2/t13-/m0/s1. The Labute approximate surface area is 121 Å². The van der Waals surface area contributed by atoms with E-state index in [1.807, 2.05) is 54.6 Å². The topological polar surface area (TPSA) is 47.4 Å². The normalized spacial score (nSPS) is 17.0. The maximum absolute atomic E-state index is 12.5. The summed E-state index contributed by atoms with van der Waals surface area (Å²) in [5.74, 6) is 0. The number of nitrogens with zero attached hydrogens (tertiary/aromatic N) is 2. The first-order valence-corrected chi connectivity index (χ1v) is 7.00. The van der Waals surface area contributed by atoms with Crippen molar-refractivity contribution in [2.24, 2.45) is 0 Å². The highest BCUT2D eigenvalue weighted by Crippen LogP contribution is 2.24. The third-order valence-electron chi connectivity index (χ3n) is 3.69. The molecule has 3 aromatic rings. The maximum atomic E-state index is 12.5. The summed E-state index contributed by atoms with van der Waals surface area (Å²) in [5, 5.41) is 6.17. The second-order valence-corrected chi connectivity index (χ2v) is 5.20. The maximum Gasteiger partial charge on any atom is 0.274 e. The molecule has 4 nitrogen and oxygen atoms in total. The lowest BCUT2D eigenvalue weighted by Crippen LogP contribution is -2.26. The number of hydrogen-bond donors (Lipinski definition) is 0. The first-order valence-electron chi connectivity index (χ1n) is 7.00. The fourth-order valence-electron chi connectivity index (χ4n) is 2.53. The summed E-state index contributed by atoms with van der Waals surface area (Å²) in [6.07, 6.45) is 0.125. The van der Waals surface area contributed by atoms with E-state index in [1.165, 1.54) is 4.68 Å². The van der Waals surface area contributed by atoms with Gasteiger partial charge in [0.15, 0.2) is 0 Å². The number of ether oxygens (including phenoxy) is 1. The smallest absolute Gasteiger partial charge is 0.274 e. The summed E-state index contributed by atoms with van der Waals surface area (Å²) in [6.45, 7) is 1.23. The van der Waals surface area contributed by atoms with Crippen molar-refractivity contribution in [3.8, 4) is 11.3 Å². The molecule has 104 valence electrons. The zero-order valence-electron chi connectivity index (χ0n) is 11.4. The van der Waals surface area contributed by atoms with Gasteiger partial charge in [-0.3, -0.25) is 4.79 Å². The molecule has 1 aromatic heterocycles. The minimum atomic E-state index is -0.0548. The summed E-state index contributed by atoms with van der Waals surface area (Å²) in [7, 11) is 0. The van der Waals surface area contributed by atoms with E-state index < -0.39 is 0 Å². The van der Waals surface area contributed by atoms with Crippen molar-refractivity contribution in [1.29, 1.82) is 0 Å². The van der Waals surface area contributed by atoms with Crippen LogP contribution < -0.4 is 5.56 Å². The van der Waals surface area contributed by atoms with Crippen LogP contribution in [0, 0.1) is 0 Å². The van der Waals surface area contributed by atoms with Crippen molar-refractivity contribution >= 4 is 10.8 Å². The highest BCUT2D eigenvalue weighted by atomic mass is 16.6. The van der Waals surface area contributed by atoms with Gasteiger partial charge in [-0.05, 0) is 6.07 Å². The molecule has 0 amide bonds. The summed E-state index contributed by atoms with van der Waals surface area (Å²) < 4.78 is 6.76. The average molecular weight is 278 g/mol. The molecular weight excluding hydrogens is 264 g/mol. The van der Waals surface area contributed by atoms with Gasteiger partial charge in [-0.2, -0.15) is 5.10 Å². The van der Waals surface area contributed by atoms with Gasteiger partial charge >= 0.3 is 0 Å². The molecule has 21 heavy (non-hydrogen) atoms. The van der Waals surface area contributed by atoms with Crippen LogP contribution in [-0.2, 0) is 11.3 Å². The van der Waals surface area contributed by atoms with Crippen LogP contribution in [-0.4, -0.2) is 22.5 Å². The van der Waals surface area contributed by atoms with Crippen LogP contribution >= 0.6 is 0 Å². The van der Waals surface area contributed by atoms with Gasteiger partial charge in [-0.1, -0.05) is 48.5 Å².